The van der Waals surface area contributed by atoms with Gasteiger partial charge in [0.25, 0.3) is 5.91 Å². The molecule has 5 heteroatoms. The Kier molecular flexibility index (Phi) is 4.40. The molecule has 1 rings (SSSR count). The summed E-state index contributed by atoms with van der Waals surface area (Å²) < 4.78 is 0. The maximum absolute atomic E-state index is 11.8. The molecule has 1 aromatic rings. The van der Waals surface area contributed by atoms with Gasteiger partial charge in [-0.25, -0.2) is 0 Å². The summed E-state index contributed by atoms with van der Waals surface area (Å²) in [6, 6.07) is 3.86. The smallest absolute Gasteiger partial charge is 0.255 e. The summed E-state index contributed by atoms with van der Waals surface area (Å²) in [6.45, 7) is 4.49. The molecule has 0 aliphatic rings. The quantitative estimate of drug-likeness (QED) is 0.590. The molecule has 0 heterocycles. The van der Waals surface area contributed by atoms with E-state index in [1.54, 1.807) is 0 Å². The normalized spacial score (nSPS) is 11.2. The zero-order chi connectivity index (χ0) is 13.1. The number of phenolic OH excluding ortho intramolecular Hbond substituents is 2. The molecule has 1 aromatic carbocycles. The number of hydrogen-bond acceptors (Lipinski definition) is 3. The first-order chi connectivity index (χ1) is 7.85. The van der Waals surface area contributed by atoms with Gasteiger partial charge in [0.1, 0.15) is 11.5 Å². The van der Waals surface area contributed by atoms with E-state index in [1.807, 2.05) is 13.8 Å². The highest BCUT2D eigenvalue weighted by atomic mass is 79.9. The van der Waals surface area contributed by atoms with Gasteiger partial charge >= 0.3 is 0 Å². The molecule has 0 aromatic heterocycles. The van der Waals surface area contributed by atoms with Crippen LogP contribution in [0.3, 0.4) is 0 Å². The number of amides is 1. The molecule has 17 heavy (non-hydrogen) atoms. The molecule has 4 nitrogen and oxygen atoms in total. The predicted molar refractivity (Wildman–Crippen MR) is 69.7 cm³/mol. The monoisotopic (exact) mass is 301 g/mol. The van der Waals surface area contributed by atoms with E-state index < -0.39 is 5.91 Å². The Labute approximate surface area is 109 Å². The second-order valence-corrected chi connectivity index (χ2v) is 5.24. The van der Waals surface area contributed by atoms with Gasteiger partial charge in [0.15, 0.2) is 0 Å². The lowest BCUT2D eigenvalue weighted by molar-refractivity contribution is 0.0937. The summed E-state index contributed by atoms with van der Waals surface area (Å²) in [5.74, 6) is -0.586. The highest BCUT2D eigenvalue weighted by Crippen LogP contribution is 2.22. The van der Waals surface area contributed by atoms with E-state index >= 15 is 0 Å². The maximum atomic E-state index is 11.8. The van der Waals surface area contributed by atoms with Crippen LogP contribution in [0.25, 0.3) is 0 Å². The van der Waals surface area contributed by atoms with Crippen molar-refractivity contribution in [1.82, 2.24) is 5.32 Å². The number of alkyl halides is 1. The van der Waals surface area contributed by atoms with Crippen LogP contribution in [0.15, 0.2) is 18.2 Å². The van der Waals surface area contributed by atoms with Crippen molar-refractivity contribution in [1.29, 1.82) is 0 Å². The van der Waals surface area contributed by atoms with Gasteiger partial charge in [-0.1, -0.05) is 29.8 Å². The number of halogens is 1. The molecular formula is C12H16BrNO3. The average Bonchev–Trinajstić information content (AvgIpc) is 2.29. The lowest BCUT2D eigenvalue weighted by atomic mass is 9.96. The number of nitrogens with one attached hydrogen (secondary N) is 1. The van der Waals surface area contributed by atoms with Crippen molar-refractivity contribution in [3.8, 4) is 11.5 Å². The Morgan fingerprint density at radius 1 is 1.41 bits per heavy atom. The van der Waals surface area contributed by atoms with E-state index in [-0.39, 0.29) is 22.5 Å². The number of aromatic hydroxyl groups is 2. The molecule has 0 unspecified atom stereocenters. The number of hydrogen-bond donors (Lipinski definition) is 3. The standard InChI is InChI=1S/C12H16BrNO3/c1-12(2,6-13)7-14-11(17)9-5-8(15)3-4-10(9)16/h3-5,15-16H,6-7H2,1-2H3,(H,14,17). The van der Waals surface area contributed by atoms with Crippen LogP contribution in [0.4, 0.5) is 0 Å². The molecule has 0 atom stereocenters. The number of rotatable bonds is 4. The fourth-order valence-electron chi connectivity index (χ4n) is 1.17. The van der Waals surface area contributed by atoms with Gasteiger partial charge in [-0.2, -0.15) is 0 Å². The van der Waals surface area contributed by atoms with Crippen LogP contribution >= 0.6 is 15.9 Å². The van der Waals surface area contributed by atoms with Crippen molar-refractivity contribution in [2.45, 2.75) is 13.8 Å². The zero-order valence-electron chi connectivity index (χ0n) is 9.83. The first kappa shape index (κ1) is 13.8. The molecule has 0 saturated heterocycles. The first-order valence-electron chi connectivity index (χ1n) is 5.22. The Balaban J connectivity index is 2.74. The molecule has 94 valence electrons. The van der Waals surface area contributed by atoms with Gasteiger partial charge in [0, 0.05) is 11.9 Å². The van der Waals surface area contributed by atoms with E-state index in [4.69, 9.17) is 0 Å². The SMILES string of the molecule is CC(C)(CBr)CNC(=O)c1cc(O)ccc1O. The number of carbonyl (C=O) groups is 1. The molecule has 0 saturated carbocycles. The lowest BCUT2D eigenvalue weighted by Crippen LogP contribution is -2.34. The summed E-state index contributed by atoms with van der Waals surface area (Å²) in [4.78, 5) is 11.8. The summed E-state index contributed by atoms with van der Waals surface area (Å²) in [5, 5.41) is 22.2. The second kappa shape index (κ2) is 5.40. The third-order valence-electron chi connectivity index (χ3n) is 2.31. The van der Waals surface area contributed by atoms with E-state index in [9.17, 15) is 15.0 Å². The Bertz CT molecular complexity index is 418. The molecule has 0 aliphatic heterocycles. The van der Waals surface area contributed by atoms with Crippen molar-refractivity contribution in [2.24, 2.45) is 5.41 Å². The summed E-state index contributed by atoms with van der Waals surface area (Å²) >= 11 is 3.36. The Hall–Kier alpha value is -1.23. The van der Waals surface area contributed by atoms with Crippen LogP contribution in [0.1, 0.15) is 24.2 Å². The number of carbonyl (C=O) groups excluding carboxylic acids is 1. The van der Waals surface area contributed by atoms with Crippen LogP contribution in [-0.2, 0) is 0 Å². The lowest BCUT2D eigenvalue weighted by Gasteiger charge is -2.22. The third kappa shape index (κ3) is 3.93. The van der Waals surface area contributed by atoms with Crippen molar-refractivity contribution in [2.75, 3.05) is 11.9 Å². The van der Waals surface area contributed by atoms with Crippen LogP contribution in [0, 0.1) is 5.41 Å². The van der Waals surface area contributed by atoms with Crippen LogP contribution in [0.5, 0.6) is 11.5 Å². The van der Waals surface area contributed by atoms with Crippen LogP contribution < -0.4 is 5.32 Å². The van der Waals surface area contributed by atoms with Crippen molar-refractivity contribution >= 4 is 21.8 Å². The molecule has 0 radical (unpaired) electrons. The first-order valence-corrected chi connectivity index (χ1v) is 6.34. The van der Waals surface area contributed by atoms with E-state index in [0.717, 1.165) is 5.33 Å². The van der Waals surface area contributed by atoms with Gasteiger partial charge < -0.3 is 15.5 Å². The van der Waals surface area contributed by atoms with Crippen molar-refractivity contribution in [3.63, 3.8) is 0 Å². The van der Waals surface area contributed by atoms with Crippen molar-refractivity contribution in [3.05, 3.63) is 23.8 Å². The van der Waals surface area contributed by atoms with Gasteiger partial charge in [0.2, 0.25) is 0 Å². The molecule has 0 bridgehead atoms. The van der Waals surface area contributed by atoms with E-state index in [1.165, 1.54) is 18.2 Å². The molecule has 1 amide bonds. The maximum Gasteiger partial charge on any atom is 0.255 e. The molecule has 0 fully saturated rings. The Morgan fingerprint density at radius 2 is 2.06 bits per heavy atom. The Morgan fingerprint density at radius 3 is 2.65 bits per heavy atom. The van der Waals surface area contributed by atoms with Gasteiger partial charge in [0.05, 0.1) is 5.56 Å². The highest BCUT2D eigenvalue weighted by molar-refractivity contribution is 9.09. The van der Waals surface area contributed by atoms with E-state index in [2.05, 4.69) is 21.2 Å². The van der Waals surface area contributed by atoms with Crippen LogP contribution in [-0.4, -0.2) is 28.0 Å². The summed E-state index contributed by atoms with van der Waals surface area (Å²) in [7, 11) is 0. The van der Waals surface area contributed by atoms with Gasteiger partial charge in [-0.15, -0.1) is 0 Å². The second-order valence-electron chi connectivity index (χ2n) is 4.68. The van der Waals surface area contributed by atoms with E-state index in [0.29, 0.717) is 6.54 Å². The summed E-state index contributed by atoms with van der Waals surface area (Å²) in [6.07, 6.45) is 0. The number of benzene rings is 1. The predicted octanol–water partition coefficient (Wildman–Crippen LogP) is 2.25. The minimum Gasteiger partial charge on any atom is -0.508 e. The minimum atomic E-state index is -0.396. The van der Waals surface area contributed by atoms with Crippen molar-refractivity contribution < 1.29 is 15.0 Å². The van der Waals surface area contributed by atoms with Gasteiger partial charge in [-0.3, -0.25) is 4.79 Å². The molecule has 0 aliphatic carbocycles. The fraction of sp³-hybridized carbons (Fsp3) is 0.417. The minimum absolute atomic E-state index is 0.0484. The van der Waals surface area contributed by atoms with Gasteiger partial charge in [-0.05, 0) is 23.6 Å². The van der Waals surface area contributed by atoms with Crippen LogP contribution in [0.2, 0.25) is 0 Å². The highest BCUT2D eigenvalue weighted by Gasteiger charge is 2.19. The largest absolute Gasteiger partial charge is 0.508 e. The topological polar surface area (TPSA) is 69.6 Å². The molecular weight excluding hydrogens is 286 g/mol. The fourth-order valence-corrected chi connectivity index (χ4v) is 1.37. The molecule has 3 N–H and O–H groups in total. The number of phenols is 2. The third-order valence-corrected chi connectivity index (χ3v) is 3.83. The summed E-state index contributed by atoms with van der Waals surface area (Å²) in [5.41, 5.74) is 0.0117. The zero-order valence-corrected chi connectivity index (χ0v) is 11.4. The average molecular weight is 302 g/mol. The molecule has 0 spiro atoms.